The molecule has 0 saturated carbocycles. The van der Waals surface area contributed by atoms with E-state index in [2.05, 4.69) is 16.1 Å². The fourth-order valence-corrected chi connectivity index (χ4v) is 6.65. The van der Waals surface area contributed by atoms with Crippen molar-refractivity contribution in [1.29, 1.82) is 0 Å². The second-order valence-corrected chi connectivity index (χ2v) is 12.2. The van der Waals surface area contributed by atoms with Crippen molar-refractivity contribution >= 4 is 35.1 Å². The number of hydrogen-bond acceptors (Lipinski definition) is 7. The first-order valence-corrected chi connectivity index (χ1v) is 16.0. The van der Waals surface area contributed by atoms with Gasteiger partial charge in [0, 0.05) is 32.6 Å². The normalized spacial score (nSPS) is 19.8. The number of rotatable bonds is 8. The maximum atomic E-state index is 14.3. The fourth-order valence-electron chi connectivity index (χ4n) is 6.41. The van der Waals surface area contributed by atoms with Gasteiger partial charge in [-0.3, -0.25) is 9.59 Å². The number of amides is 4. The minimum Gasteiger partial charge on any atom is -0.508 e. The summed E-state index contributed by atoms with van der Waals surface area (Å²) in [4.78, 5) is 47.4. The van der Waals surface area contributed by atoms with Gasteiger partial charge < -0.3 is 29.9 Å². The van der Waals surface area contributed by atoms with Gasteiger partial charge in [-0.2, -0.15) is 5.01 Å². The zero-order valence-electron chi connectivity index (χ0n) is 25.9. The molecule has 252 valence electrons. The number of fused-ring (bicyclic) bond motifs is 1. The molecule has 0 aromatic heterocycles. The zero-order valence-corrected chi connectivity index (χ0v) is 26.7. The van der Waals surface area contributed by atoms with Gasteiger partial charge >= 0.3 is 6.03 Å². The minimum atomic E-state index is -0.894. The smallest absolute Gasteiger partial charge is 0.334 e. The van der Waals surface area contributed by atoms with E-state index in [9.17, 15) is 19.5 Å². The van der Waals surface area contributed by atoms with Crippen LogP contribution in [0.3, 0.4) is 0 Å². The molecule has 12 heteroatoms. The van der Waals surface area contributed by atoms with E-state index in [4.69, 9.17) is 22.8 Å². The van der Waals surface area contributed by atoms with Crippen molar-refractivity contribution < 1.29 is 24.2 Å². The van der Waals surface area contributed by atoms with Gasteiger partial charge in [-0.1, -0.05) is 73.5 Å². The van der Waals surface area contributed by atoms with Crippen molar-refractivity contribution in [3.63, 3.8) is 0 Å². The summed E-state index contributed by atoms with van der Waals surface area (Å²) in [5, 5.41) is 16.5. The Morgan fingerprint density at radius 3 is 2.42 bits per heavy atom. The SMILES string of the molecule is C.C#CCN1CC(=O)N2[C@@H](Cc3ccc(O)cc3)C(=O)N(Cc3ccc(Cl)c(N4CCOCC4)c3)C[C@@H]2N1C(=O)NCc1ccccc1. The number of ether oxygens (including phenoxy) is 1. The zero-order chi connectivity index (χ0) is 32.9. The summed E-state index contributed by atoms with van der Waals surface area (Å²) in [6.45, 7) is 3.09. The van der Waals surface area contributed by atoms with Crippen LogP contribution in [-0.2, 0) is 33.8 Å². The summed E-state index contributed by atoms with van der Waals surface area (Å²) in [5.74, 6) is 2.14. The molecule has 4 amide bonds. The lowest BCUT2D eigenvalue weighted by Crippen LogP contribution is -2.76. The minimum absolute atomic E-state index is 0. The maximum absolute atomic E-state index is 14.3. The summed E-state index contributed by atoms with van der Waals surface area (Å²) in [7, 11) is 0. The number of phenolic OH excluding ortho intramolecular Hbond substituents is 1. The lowest BCUT2D eigenvalue weighted by molar-refractivity contribution is -0.189. The highest BCUT2D eigenvalue weighted by molar-refractivity contribution is 6.33. The third-order valence-corrected chi connectivity index (χ3v) is 9.02. The van der Waals surface area contributed by atoms with Crippen LogP contribution in [0.5, 0.6) is 5.75 Å². The number of nitrogens with zero attached hydrogens (tertiary/aromatic N) is 5. The predicted octanol–water partition coefficient (Wildman–Crippen LogP) is 3.70. The van der Waals surface area contributed by atoms with E-state index in [0.717, 1.165) is 22.4 Å². The highest BCUT2D eigenvalue weighted by Gasteiger charge is 2.51. The molecule has 11 nitrogen and oxygen atoms in total. The second-order valence-electron chi connectivity index (χ2n) is 11.8. The lowest BCUT2D eigenvalue weighted by Gasteiger charge is -2.55. The molecule has 2 N–H and O–H groups in total. The second kappa shape index (κ2) is 15.4. The maximum Gasteiger partial charge on any atom is 0.334 e. The van der Waals surface area contributed by atoms with Gasteiger partial charge in [0.1, 0.15) is 18.0 Å². The van der Waals surface area contributed by atoms with Gasteiger partial charge in [-0.25, -0.2) is 9.80 Å². The number of benzene rings is 3. The van der Waals surface area contributed by atoms with Crippen LogP contribution in [0.2, 0.25) is 5.02 Å². The number of carbonyl (C=O) groups excluding carboxylic acids is 3. The number of hydrogen-bond donors (Lipinski definition) is 2. The summed E-state index contributed by atoms with van der Waals surface area (Å²) in [5.41, 5.74) is 3.42. The number of piperazine rings is 1. The monoisotopic (exact) mass is 672 g/mol. The number of morpholine rings is 1. The van der Waals surface area contributed by atoms with Crippen molar-refractivity contribution in [3.8, 4) is 18.1 Å². The molecule has 3 aliphatic rings. The Hall–Kier alpha value is -4.76. The van der Waals surface area contributed by atoms with Crippen LogP contribution in [0.15, 0.2) is 72.8 Å². The van der Waals surface area contributed by atoms with Crippen molar-refractivity contribution in [2.24, 2.45) is 0 Å². The quantitative estimate of drug-likeness (QED) is 0.352. The molecule has 2 atom stereocenters. The topological polar surface area (TPSA) is 109 Å². The summed E-state index contributed by atoms with van der Waals surface area (Å²) in [6, 6.07) is 20.5. The van der Waals surface area contributed by atoms with Crippen molar-refractivity contribution in [2.75, 3.05) is 50.8 Å². The average Bonchev–Trinajstić information content (AvgIpc) is 3.08. The molecule has 6 rings (SSSR count). The van der Waals surface area contributed by atoms with Crippen LogP contribution in [0.4, 0.5) is 10.5 Å². The number of carbonyl (C=O) groups is 3. The van der Waals surface area contributed by atoms with Crippen LogP contribution in [0.25, 0.3) is 0 Å². The van der Waals surface area contributed by atoms with E-state index >= 15 is 0 Å². The number of urea groups is 1. The van der Waals surface area contributed by atoms with Crippen molar-refractivity contribution in [1.82, 2.24) is 25.1 Å². The molecular formula is C36H41ClN6O5. The van der Waals surface area contributed by atoms with Gasteiger partial charge in [0.2, 0.25) is 11.8 Å². The van der Waals surface area contributed by atoms with Gasteiger partial charge in [0.25, 0.3) is 0 Å². The summed E-state index contributed by atoms with van der Waals surface area (Å²) < 4.78 is 5.51. The highest BCUT2D eigenvalue weighted by Crippen LogP contribution is 2.32. The van der Waals surface area contributed by atoms with E-state index in [1.165, 1.54) is 9.91 Å². The third kappa shape index (κ3) is 7.52. The number of hydrazine groups is 1. The van der Waals surface area contributed by atoms with Crippen LogP contribution in [0.1, 0.15) is 24.1 Å². The predicted molar refractivity (Wildman–Crippen MR) is 184 cm³/mol. The fraction of sp³-hybridized carbons (Fsp3) is 0.361. The molecule has 0 aliphatic carbocycles. The van der Waals surface area contributed by atoms with E-state index in [0.29, 0.717) is 31.3 Å². The molecule has 48 heavy (non-hydrogen) atoms. The Morgan fingerprint density at radius 2 is 1.71 bits per heavy atom. The Bertz CT molecular complexity index is 1640. The molecule has 3 fully saturated rings. The van der Waals surface area contributed by atoms with Crippen molar-refractivity contribution in [3.05, 3.63) is 94.5 Å². The number of aromatic hydroxyl groups is 1. The largest absolute Gasteiger partial charge is 0.508 e. The van der Waals surface area contributed by atoms with E-state index < -0.39 is 18.2 Å². The number of phenols is 1. The van der Waals surface area contributed by atoms with Crippen molar-refractivity contribution in [2.45, 2.75) is 39.1 Å². The first kappa shape index (κ1) is 34.6. The Balaban J connectivity index is 0.00000451. The van der Waals surface area contributed by atoms with Crippen LogP contribution >= 0.6 is 11.6 Å². The number of nitrogens with one attached hydrogen (secondary N) is 1. The van der Waals surface area contributed by atoms with Crippen LogP contribution in [0, 0.1) is 12.3 Å². The number of terminal acetylenes is 1. The van der Waals surface area contributed by atoms with E-state index in [-0.39, 0.29) is 64.1 Å². The molecule has 3 aromatic rings. The lowest BCUT2D eigenvalue weighted by atomic mass is 9.98. The highest BCUT2D eigenvalue weighted by atomic mass is 35.5. The molecule has 3 aliphatic heterocycles. The summed E-state index contributed by atoms with van der Waals surface area (Å²) >= 11 is 6.61. The third-order valence-electron chi connectivity index (χ3n) is 8.70. The average molecular weight is 673 g/mol. The molecule has 3 heterocycles. The van der Waals surface area contributed by atoms with Crippen LogP contribution in [-0.4, -0.2) is 101 Å². The Labute approximate surface area is 286 Å². The standard InChI is InChI=1S/C35H37ClN6O5.CH4/c1-2-14-40-24-33(44)41-31(19-25-8-11-28(43)12-9-25)34(45)39(22-27-10-13-29(36)30(20-27)38-15-17-47-18-16-38)23-32(41)42(40)35(46)37-21-26-6-4-3-5-7-26;/h1,3-13,20,31-32,43H,14-19,21-24H2,(H,37,46);1H4/t31-,32-;/m0./s1. The Morgan fingerprint density at radius 1 is 1.00 bits per heavy atom. The van der Waals surface area contributed by atoms with Gasteiger partial charge in [0.15, 0.2) is 0 Å². The number of halogens is 1. The van der Waals surface area contributed by atoms with E-state index in [1.54, 1.807) is 34.2 Å². The molecule has 0 radical (unpaired) electrons. The van der Waals surface area contributed by atoms with Gasteiger partial charge in [-0.05, 0) is 41.0 Å². The molecule has 3 saturated heterocycles. The first-order chi connectivity index (χ1) is 22.8. The molecule has 0 unspecified atom stereocenters. The van der Waals surface area contributed by atoms with Gasteiger partial charge in [-0.15, -0.1) is 6.42 Å². The summed E-state index contributed by atoms with van der Waals surface area (Å²) in [6.07, 6.45) is 5.09. The Kier molecular flexibility index (Phi) is 11.1. The number of anilines is 1. The van der Waals surface area contributed by atoms with Gasteiger partial charge in [0.05, 0.1) is 43.6 Å². The molecular weight excluding hydrogens is 632 g/mol. The van der Waals surface area contributed by atoms with E-state index in [1.807, 2.05) is 48.5 Å². The molecule has 0 spiro atoms. The van der Waals surface area contributed by atoms with Crippen LogP contribution < -0.4 is 10.2 Å². The molecule has 0 bridgehead atoms. The first-order valence-electron chi connectivity index (χ1n) is 15.6. The molecule has 3 aromatic carbocycles.